The van der Waals surface area contributed by atoms with Crippen molar-refractivity contribution in [1.29, 1.82) is 0 Å². The topological polar surface area (TPSA) is 79.2 Å². The summed E-state index contributed by atoms with van der Waals surface area (Å²) in [5, 5.41) is 5.79. The van der Waals surface area contributed by atoms with Gasteiger partial charge in [-0.1, -0.05) is 23.8 Å². The standard InChI is InChI=1S/C20H20N4O2/c1-13-7-9-18(10-8-13)24-20(26)19(14(2)23-24)12-21-16-5-4-6-17(11-16)22-15(3)25/h4-12,23H,1-3H3,(H,22,25). The number of rotatable bonds is 4. The third-order valence-electron chi connectivity index (χ3n) is 3.92. The summed E-state index contributed by atoms with van der Waals surface area (Å²) in [4.78, 5) is 28.2. The van der Waals surface area contributed by atoms with Crippen LogP contribution in [0.1, 0.15) is 23.7 Å². The van der Waals surface area contributed by atoms with Gasteiger partial charge in [-0.05, 0) is 44.2 Å². The van der Waals surface area contributed by atoms with Crippen LogP contribution in [0.25, 0.3) is 5.69 Å². The van der Waals surface area contributed by atoms with Gasteiger partial charge in [0.25, 0.3) is 5.56 Å². The Balaban J connectivity index is 1.91. The van der Waals surface area contributed by atoms with Gasteiger partial charge in [-0.3, -0.25) is 19.7 Å². The Hall–Kier alpha value is -3.41. The lowest BCUT2D eigenvalue weighted by Gasteiger charge is -2.02. The molecule has 132 valence electrons. The lowest BCUT2D eigenvalue weighted by atomic mass is 10.2. The van der Waals surface area contributed by atoms with Crippen LogP contribution in [0.4, 0.5) is 11.4 Å². The van der Waals surface area contributed by atoms with Gasteiger partial charge in [-0.15, -0.1) is 0 Å². The first-order chi connectivity index (χ1) is 12.4. The van der Waals surface area contributed by atoms with Gasteiger partial charge in [0.2, 0.25) is 5.91 Å². The molecule has 3 aromatic rings. The molecule has 6 heteroatoms. The molecule has 1 heterocycles. The number of nitrogens with one attached hydrogen (secondary N) is 2. The molecule has 0 fully saturated rings. The van der Waals surface area contributed by atoms with Crippen LogP contribution in [0.15, 0.2) is 58.3 Å². The Labute approximate surface area is 151 Å². The molecule has 0 bridgehead atoms. The van der Waals surface area contributed by atoms with E-state index >= 15 is 0 Å². The number of nitrogens with zero attached hydrogens (tertiary/aromatic N) is 2. The molecule has 0 saturated heterocycles. The van der Waals surface area contributed by atoms with Crippen molar-refractivity contribution >= 4 is 23.5 Å². The van der Waals surface area contributed by atoms with E-state index in [1.807, 2.05) is 44.2 Å². The van der Waals surface area contributed by atoms with Crippen molar-refractivity contribution in [2.75, 3.05) is 5.32 Å². The summed E-state index contributed by atoms with van der Waals surface area (Å²) < 4.78 is 1.50. The van der Waals surface area contributed by atoms with Gasteiger partial charge in [0.1, 0.15) is 0 Å². The zero-order valence-electron chi connectivity index (χ0n) is 14.9. The van der Waals surface area contributed by atoms with E-state index in [9.17, 15) is 9.59 Å². The molecule has 0 aliphatic carbocycles. The normalized spacial score (nSPS) is 11.0. The molecule has 6 nitrogen and oxygen atoms in total. The molecule has 2 N–H and O–H groups in total. The van der Waals surface area contributed by atoms with Gasteiger partial charge in [0, 0.05) is 24.5 Å². The van der Waals surface area contributed by atoms with Crippen LogP contribution in [-0.4, -0.2) is 21.9 Å². The summed E-state index contributed by atoms with van der Waals surface area (Å²) in [5.41, 5.74) is 4.29. The lowest BCUT2D eigenvalue weighted by molar-refractivity contribution is -0.114. The highest BCUT2D eigenvalue weighted by molar-refractivity contribution is 5.89. The fourth-order valence-corrected chi connectivity index (χ4v) is 2.59. The second-order valence-corrected chi connectivity index (χ2v) is 6.12. The smallest absolute Gasteiger partial charge is 0.280 e. The number of hydrogen-bond acceptors (Lipinski definition) is 3. The molecular formula is C20H20N4O2. The summed E-state index contributed by atoms with van der Waals surface area (Å²) in [6, 6.07) is 14.8. The summed E-state index contributed by atoms with van der Waals surface area (Å²) in [7, 11) is 0. The SMILES string of the molecule is CC(=O)Nc1cccc(N=Cc2c(C)[nH]n(-c3ccc(C)cc3)c2=O)c1. The number of hydrogen-bond donors (Lipinski definition) is 2. The maximum atomic E-state index is 12.7. The van der Waals surface area contributed by atoms with E-state index < -0.39 is 0 Å². The number of aromatic amines is 1. The summed E-state index contributed by atoms with van der Waals surface area (Å²) in [5.74, 6) is -0.145. The van der Waals surface area contributed by atoms with Gasteiger partial charge >= 0.3 is 0 Å². The highest BCUT2D eigenvalue weighted by atomic mass is 16.1. The van der Waals surface area contributed by atoms with Gasteiger partial charge in [0.05, 0.1) is 16.9 Å². The number of amides is 1. The van der Waals surface area contributed by atoms with Crippen molar-refractivity contribution in [3.63, 3.8) is 0 Å². The highest BCUT2D eigenvalue weighted by Crippen LogP contribution is 2.18. The Kier molecular flexibility index (Phi) is 4.84. The third kappa shape index (κ3) is 3.80. The fraction of sp³-hybridized carbons (Fsp3) is 0.150. The molecule has 0 aliphatic heterocycles. The monoisotopic (exact) mass is 348 g/mol. The molecule has 0 unspecified atom stereocenters. The highest BCUT2D eigenvalue weighted by Gasteiger charge is 2.10. The quantitative estimate of drug-likeness (QED) is 0.708. The molecule has 0 radical (unpaired) electrons. The number of carbonyl (C=O) groups excluding carboxylic acids is 1. The van der Waals surface area contributed by atoms with Crippen LogP contribution in [0, 0.1) is 13.8 Å². The van der Waals surface area contributed by atoms with Crippen LogP contribution in [0.2, 0.25) is 0 Å². The number of aromatic nitrogens is 2. The van der Waals surface area contributed by atoms with E-state index in [-0.39, 0.29) is 11.5 Å². The Morgan fingerprint density at radius 2 is 1.88 bits per heavy atom. The van der Waals surface area contributed by atoms with E-state index in [0.717, 1.165) is 16.9 Å². The first-order valence-electron chi connectivity index (χ1n) is 8.24. The van der Waals surface area contributed by atoms with Crippen molar-refractivity contribution in [2.45, 2.75) is 20.8 Å². The van der Waals surface area contributed by atoms with Crippen LogP contribution < -0.4 is 10.9 Å². The molecular weight excluding hydrogens is 328 g/mol. The van der Waals surface area contributed by atoms with E-state index in [4.69, 9.17) is 0 Å². The number of benzene rings is 2. The molecule has 1 aromatic heterocycles. The zero-order chi connectivity index (χ0) is 18.7. The Bertz CT molecular complexity index is 1030. The van der Waals surface area contributed by atoms with Crippen LogP contribution in [0.3, 0.4) is 0 Å². The molecule has 0 saturated carbocycles. The van der Waals surface area contributed by atoms with Crippen LogP contribution in [0.5, 0.6) is 0 Å². The van der Waals surface area contributed by atoms with Crippen LogP contribution >= 0.6 is 0 Å². The van der Waals surface area contributed by atoms with E-state index in [1.165, 1.54) is 11.6 Å². The summed E-state index contributed by atoms with van der Waals surface area (Å²) in [6.45, 7) is 5.29. The molecule has 0 aliphatic rings. The average Bonchev–Trinajstić information content (AvgIpc) is 2.88. The Morgan fingerprint density at radius 1 is 1.15 bits per heavy atom. The molecule has 2 aromatic carbocycles. The molecule has 3 rings (SSSR count). The van der Waals surface area contributed by atoms with Crippen molar-refractivity contribution < 1.29 is 4.79 Å². The number of aryl methyl sites for hydroxylation is 2. The van der Waals surface area contributed by atoms with Crippen molar-refractivity contribution in [3.8, 4) is 5.69 Å². The van der Waals surface area contributed by atoms with Crippen molar-refractivity contribution in [2.24, 2.45) is 4.99 Å². The third-order valence-corrected chi connectivity index (χ3v) is 3.92. The predicted octanol–water partition coefficient (Wildman–Crippen LogP) is 3.49. The molecule has 0 spiro atoms. The maximum absolute atomic E-state index is 12.7. The van der Waals surface area contributed by atoms with Gasteiger partial charge in [-0.2, -0.15) is 0 Å². The minimum absolute atomic E-state index is 0.145. The van der Waals surface area contributed by atoms with Crippen LogP contribution in [-0.2, 0) is 4.79 Å². The fourth-order valence-electron chi connectivity index (χ4n) is 2.59. The number of H-pyrrole nitrogens is 1. The van der Waals surface area contributed by atoms with Crippen molar-refractivity contribution in [1.82, 2.24) is 9.78 Å². The van der Waals surface area contributed by atoms with E-state index in [2.05, 4.69) is 15.4 Å². The lowest BCUT2D eigenvalue weighted by Crippen LogP contribution is -2.17. The van der Waals surface area contributed by atoms with Gasteiger partial charge < -0.3 is 5.32 Å². The Morgan fingerprint density at radius 3 is 2.58 bits per heavy atom. The first kappa shape index (κ1) is 17.4. The van der Waals surface area contributed by atoms with Gasteiger partial charge in [-0.25, -0.2) is 4.68 Å². The van der Waals surface area contributed by atoms with E-state index in [0.29, 0.717) is 16.9 Å². The molecule has 26 heavy (non-hydrogen) atoms. The summed E-state index contributed by atoms with van der Waals surface area (Å²) in [6.07, 6.45) is 1.55. The minimum Gasteiger partial charge on any atom is -0.326 e. The minimum atomic E-state index is -0.159. The second-order valence-electron chi connectivity index (χ2n) is 6.12. The zero-order valence-corrected chi connectivity index (χ0v) is 14.9. The average molecular weight is 348 g/mol. The van der Waals surface area contributed by atoms with Gasteiger partial charge in [0.15, 0.2) is 0 Å². The largest absolute Gasteiger partial charge is 0.326 e. The molecule has 1 amide bonds. The maximum Gasteiger partial charge on any atom is 0.280 e. The van der Waals surface area contributed by atoms with E-state index in [1.54, 1.807) is 24.4 Å². The first-order valence-corrected chi connectivity index (χ1v) is 8.24. The van der Waals surface area contributed by atoms with Crippen molar-refractivity contribution in [3.05, 3.63) is 75.7 Å². The second kappa shape index (κ2) is 7.23. The number of aliphatic imine (C=N–C) groups is 1. The molecule has 0 atom stereocenters. The predicted molar refractivity (Wildman–Crippen MR) is 104 cm³/mol. The number of carbonyl (C=O) groups is 1. The summed E-state index contributed by atoms with van der Waals surface area (Å²) >= 11 is 0. The number of anilines is 1.